The minimum Gasteiger partial charge on any atom is -0.309 e. The molecule has 0 saturated heterocycles. The van der Waals surface area contributed by atoms with Crippen molar-refractivity contribution in [1.29, 1.82) is 0 Å². The third-order valence-corrected chi connectivity index (χ3v) is 4.17. The van der Waals surface area contributed by atoms with Crippen molar-refractivity contribution in [2.24, 2.45) is 5.92 Å². The fraction of sp³-hybridized carbons (Fsp3) is 1.00. The number of rotatable bonds is 14. The molecule has 0 N–H and O–H groups in total. The van der Waals surface area contributed by atoms with Crippen molar-refractivity contribution in [2.75, 3.05) is 20.6 Å². The van der Waals surface area contributed by atoms with Crippen molar-refractivity contribution in [1.82, 2.24) is 4.90 Å². The summed E-state index contributed by atoms with van der Waals surface area (Å²) in [5.74, 6) is 0.920. The zero-order chi connectivity index (χ0) is 14.3. The highest BCUT2D eigenvalue weighted by atomic mass is 15.1. The number of unbranched alkanes of at least 4 members (excludes halogenated alkanes) is 9. The predicted molar refractivity (Wildman–Crippen MR) is 88.8 cm³/mol. The van der Waals surface area contributed by atoms with Gasteiger partial charge in [-0.05, 0) is 26.4 Å². The van der Waals surface area contributed by atoms with E-state index in [4.69, 9.17) is 0 Å². The Hall–Kier alpha value is -0.0400. The van der Waals surface area contributed by atoms with Gasteiger partial charge in [-0.1, -0.05) is 84.5 Å². The molecule has 1 heteroatoms. The van der Waals surface area contributed by atoms with Crippen molar-refractivity contribution >= 4 is 0 Å². The van der Waals surface area contributed by atoms with Crippen molar-refractivity contribution in [3.8, 4) is 0 Å². The molecule has 0 radical (unpaired) electrons. The molecule has 0 spiro atoms. The number of nitrogens with zero attached hydrogens (tertiary/aromatic N) is 1. The summed E-state index contributed by atoms with van der Waals surface area (Å²) in [7, 11) is 4.39. The summed E-state index contributed by atoms with van der Waals surface area (Å²) in [5.41, 5.74) is 0. The number of hydrogen-bond acceptors (Lipinski definition) is 1. The Morgan fingerprint density at radius 1 is 0.684 bits per heavy atom. The Morgan fingerprint density at radius 3 is 1.58 bits per heavy atom. The van der Waals surface area contributed by atoms with E-state index >= 15 is 0 Å². The van der Waals surface area contributed by atoms with E-state index < -0.39 is 0 Å². The van der Waals surface area contributed by atoms with E-state index in [0.29, 0.717) is 0 Å². The molecule has 19 heavy (non-hydrogen) atoms. The Morgan fingerprint density at radius 2 is 1.16 bits per heavy atom. The first-order valence-electron chi connectivity index (χ1n) is 8.85. The molecule has 0 saturated carbocycles. The first-order chi connectivity index (χ1) is 9.20. The monoisotopic (exact) mass is 269 g/mol. The summed E-state index contributed by atoms with van der Waals surface area (Å²) < 4.78 is 0. The van der Waals surface area contributed by atoms with Crippen LogP contribution in [0, 0.1) is 5.92 Å². The molecule has 0 bridgehead atoms. The maximum Gasteiger partial charge on any atom is 0.000346 e. The van der Waals surface area contributed by atoms with Crippen molar-refractivity contribution in [3.05, 3.63) is 0 Å². The van der Waals surface area contributed by atoms with Gasteiger partial charge in [0.15, 0.2) is 0 Å². The van der Waals surface area contributed by atoms with Crippen LogP contribution >= 0.6 is 0 Å². The van der Waals surface area contributed by atoms with Crippen molar-refractivity contribution in [2.45, 2.75) is 90.9 Å². The van der Waals surface area contributed by atoms with E-state index in [0.717, 1.165) is 5.92 Å². The summed E-state index contributed by atoms with van der Waals surface area (Å²) in [6.45, 7) is 5.90. The smallest absolute Gasteiger partial charge is 0.000346 e. The van der Waals surface area contributed by atoms with E-state index in [2.05, 4.69) is 32.8 Å². The van der Waals surface area contributed by atoms with Gasteiger partial charge in [-0.15, -0.1) is 0 Å². The zero-order valence-corrected chi connectivity index (χ0v) is 14.2. The fourth-order valence-corrected chi connectivity index (χ4v) is 2.86. The second-order valence-corrected chi connectivity index (χ2v) is 6.51. The Bertz CT molecular complexity index is 165. The lowest BCUT2D eigenvalue weighted by Gasteiger charge is -2.19. The van der Waals surface area contributed by atoms with E-state index in [1.807, 2.05) is 0 Å². The molecular formula is C18H39N. The van der Waals surface area contributed by atoms with E-state index in [9.17, 15) is 0 Å². The summed E-state index contributed by atoms with van der Waals surface area (Å²) in [6, 6.07) is 0. The maximum absolute atomic E-state index is 2.34. The molecule has 0 rings (SSSR count). The Labute approximate surface area is 123 Å². The van der Waals surface area contributed by atoms with Crippen LogP contribution in [0.2, 0.25) is 0 Å². The van der Waals surface area contributed by atoms with Crippen molar-refractivity contribution < 1.29 is 0 Å². The summed E-state index contributed by atoms with van der Waals surface area (Å²) >= 11 is 0. The second-order valence-electron chi connectivity index (χ2n) is 6.51. The van der Waals surface area contributed by atoms with Gasteiger partial charge in [0.2, 0.25) is 0 Å². The van der Waals surface area contributed by atoms with E-state index in [1.54, 1.807) is 0 Å². The third-order valence-electron chi connectivity index (χ3n) is 4.17. The molecule has 1 unspecified atom stereocenters. The maximum atomic E-state index is 2.34. The van der Waals surface area contributed by atoms with Crippen molar-refractivity contribution in [3.63, 3.8) is 0 Å². The van der Waals surface area contributed by atoms with Crippen LogP contribution in [0.15, 0.2) is 0 Å². The van der Waals surface area contributed by atoms with E-state index in [1.165, 1.54) is 83.6 Å². The van der Waals surface area contributed by atoms with Gasteiger partial charge in [0.05, 0.1) is 0 Å². The fourth-order valence-electron chi connectivity index (χ4n) is 2.86. The first kappa shape index (κ1) is 19.0. The van der Waals surface area contributed by atoms with Crippen LogP contribution in [0.4, 0.5) is 0 Å². The van der Waals surface area contributed by atoms with Gasteiger partial charge in [-0.3, -0.25) is 0 Å². The molecule has 0 aliphatic heterocycles. The average Bonchev–Trinajstić information content (AvgIpc) is 2.39. The lowest BCUT2D eigenvalue weighted by molar-refractivity contribution is 0.299. The third kappa shape index (κ3) is 14.2. The predicted octanol–water partition coefficient (Wildman–Crippen LogP) is 5.89. The normalized spacial score (nSPS) is 13.1. The highest BCUT2D eigenvalue weighted by Crippen LogP contribution is 2.16. The topological polar surface area (TPSA) is 3.24 Å². The zero-order valence-electron chi connectivity index (χ0n) is 14.2. The van der Waals surface area contributed by atoms with Crippen LogP contribution in [-0.4, -0.2) is 25.5 Å². The SMILES string of the molecule is CCCCCCCCCCCCC(CC)CN(C)C. The Kier molecular flexibility index (Phi) is 14.3. The van der Waals surface area contributed by atoms with Crippen LogP contribution in [0.25, 0.3) is 0 Å². The molecule has 0 aromatic heterocycles. The summed E-state index contributed by atoms with van der Waals surface area (Å²) in [6.07, 6.45) is 17.3. The molecule has 0 aromatic rings. The molecule has 0 heterocycles. The molecule has 0 aromatic carbocycles. The summed E-state index contributed by atoms with van der Waals surface area (Å²) in [4.78, 5) is 2.34. The molecule has 1 atom stereocenters. The van der Waals surface area contributed by atoms with Gasteiger partial charge in [0, 0.05) is 6.54 Å². The van der Waals surface area contributed by atoms with Gasteiger partial charge in [0.25, 0.3) is 0 Å². The quantitative estimate of drug-likeness (QED) is 0.356. The van der Waals surface area contributed by atoms with Gasteiger partial charge < -0.3 is 4.90 Å². The molecule has 0 fully saturated rings. The van der Waals surface area contributed by atoms with E-state index in [-0.39, 0.29) is 0 Å². The standard InChI is InChI=1S/C18H39N/c1-5-7-8-9-10-11-12-13-14-15-16-18(6-2)17-19(3)4/h18H,5-17H2,1-4H3. The molecule has 1 nitrogen and oxygen atoms in total. The second kappa shape index (κ2) is 14.4. The molecule has 0 amide bonds. The molecular weight excluding hydrogens is 230 g/mol. The molecule has 0 aliphatic carbocycles. The van der Waals surface area contributed by atoms with Gasteiger partial charge in [-0.25, -0.2) is 0 Å². The van der Waals surface area contributed by atoms with Crippen LogP contribution in [0.3, 0.4) is 0 Å². The molecule has 116 valence electrons. The van der Waals surface area contributed by atoms with Gasteiger partial charge in [-0.2, -0.15) is 0 Å². The number of hydrogen-bond donors (Lipinski definition) is 0. The largest absolute Gasteiger partial charge is 0.309 e. The van der Waals surface area contributed by atoms with Crippen LogP contribution in [0.1, 0.15) is 90.9 Å². The first-order valence-corrected chi connectivity index (χ1v) is 8.85. The van der Waals surface area contributed by atoms with Gasteiger partial charge in [0.1, 0.15) is 0 Å². The van der Waals surface area contributed by atoms with Crippen LogP contribution < -0.4 is 0 Å². The lowest BCUT2D eigenvalue weighted by atomic mass is 9.97. The lowest BCUT2D eigenvalue weighted by Crippen LogP contribution is -2.21. The minimum absolute atomic E-state index is 0.920. The average molecular weight is 270 g/mol. The Balaban J connectivity index is 3.21. The summed E-state index contributed by atoms with van der Waals surface area (Å²) in [5, 5.41) is 0. The van der Waals surface area contributed by atoms with Gasteiger partial charge >= 0.3 is 0 Å². The van der Waals surface area contributed by atoms with Crippen LogP contribution in [0.5, 0.6) is 0 Å². The highest BCUT2D eigenvalue weighted by Gasteiger charge is 2.06. The van der Waals surface area contributed by atoms with Crippen LogP contribution in [-0.2, 0) is 0 Å². The minimum atomic E-state index is 0.920. The highest BCUT2D eigenvalue weighted by molar-refractivity contribution is 4.60. The molecule has 0 aliphatic rings.